The average Bonchev–Trinajstić information content (AvgIpc) is 2.69. The topological polar surface area (TPSA) is 76.1 Å². The first-order chi connectivity index (χ1) is 13.5. The van der Waals surface area contributed by atoms with Gasteiger partial charge in [-0.3, -0.25) is 0 Å². The van der Waals surface area contributed by atoms with Gasteiger partial charge in [-0.15, -0.1) is 0 Å². The molecular formula is C21H27NO5S. The molecule has 0 amide bonds. The molecule has 0 aliphatic carbocycles. The van der Waals surface area contributed by atoms with Crippen LogP contribution in [0.25, 0.3) is 12.2 Å². The van der Waals surface area contributed by atoms with Crippen molar-refractivity contribution in [1.29, 1.82) is 0 Å². The highest BCUT2D eigenvalue weighted by atomic mass is 32.3. The van der Waals surface area contributed by atoms with E-state index in [2.05, 4.69) is 47.2 Å². The van der Waals surface area contributed by atoms with Crippen molar-refractivity contribution < 1.29 is 21.9 Å². The number of aliphatic hydroxyl groups excluding tert-OH is 1. The molecule has 0 saturated carbocycles. The van der Waals surface area contributed by atoms with Crippen LogP contribution in [-0.4, -0.2) is 39.8 Å². The van der Waals surface area contributed by atoms with E-state index in [1.165, 1.54) is 5.69 Å². The summed E-state index contributed by atoms with van der Waals surface area (Å²) < 4.78 is 32.8. The minimum atomic E-state index is -4.12. The van der Waals surface area contributed by atoms with Crippen LogP contribution in [0.1, 0.15) is 31.4 Å². The van der Waals surface area contributed by atoms with Crippen molar-refractivity contribution in [1.82, 2.24) is 0 Å². The third kappa shape index (κ3) is 6.99. The van der Waals surface area contributed by atoms with Gasteiger partial charge in [0.25, 0.3) is 0 Å². The van der Waals surface area contributed by atoms with Crippen LogP contribution in [0.3, 0.4) is 0 Å². The molecule has 152 valence electrons. The first-order valence-electron chi connectivity index (χ1n) is 9.30. The monoisotopic (exact) mass is 405 g/mol. The summed E-state index contributed by atoms with van der Waals surface area (Å²) in [5.41, 5.74) is 3.20. The van der Waals surface area contributed by atoms with E-state index in [-0.39, 0.29) is 25.4 Å². The van der Waals surface area contributed by atoms with Gasteiger partial charge in [0, 0.05) is 25.4 Å². The van der Waals surface area contributed by atoms with Gasteiger partial charge in [-0.05, 0) is 55.7 Å². The van der Waals surface area contributed by atoms with Gasteiger partial charge >= 0.3 is 10.4 Å². The molecule has 0 unspecified atom stereocenters. The SMILES string of the molecule is CCN(CC)c1ccc(C=Cc2ccc(OS(=O)(=O)OCCCO)cc2)cc1. The lowest BCUT2D eigenvalue weighted by Gasteiger charge is -2.20. The van der Waals surface area contributed by atoms with Gasteiger partial charge in [0.2, 0.25) is 0 Å². The summed E-state index contributed by atoms with van der Waals surface area (Å²) in [5.74, 6) is 0.171. The molecule has 0 aliphatic rings. The Kier molecular flexibility index (Phi) is 8.50. The zero-order valence-electron chi connectivity index (χ0n) is 16.2. The van der Waals surface area contributed by atoms with Crippen molar-refractivity contribution >= 4 is 28.2 Å². The maximum absolute atomic E-state index is 11.6. The maximum Gasteiger partial charge on any atom is 0.449 e. The van der Waals surface area contributed by atoms with Crippen molar-refractivity contribution in [3.8, 4) is 5.75 Å². The number of rotatable bonds is 11. The van der Waals surface area contributed by atoms with E-state index in [1.54, 1.807) is 24.3 Å². The third-order valence-corrected chi connectivity index (χ3v) is 4.95. The Morgan fingerprint density at radius 2 is 1.46 bits per heavy atom. The molecule has 0 saturated heterocycles. The summed E-state index contributed by atoms with van der Waals surface area (Å²) in [6.07, 6.45) is 4.17. The second-order valence-corrected chi connectivity index (χ2v) is 7.28. The number of benzene rings is 2. The van der Waals surface area contributed by atoms with E-state index in [1.807, 2.05) is 12.2 Å². The molecular weight excluding hydrogens is 378 g/mol. The number of hydrogen-bond donors (Lipinski definition) is 1. The normalized spacial score (nSPS) is 11.7. The molecule has 1 N–H and O–H groups in total. The van der Waals surface area contributed by atoms with Crippen molar-refractivity contribution in [2.24, 2.45) is 0 Å². The Bertz CT molecular complexity index is 841. The minimum absolute atomic E-state index is 0.118. The van der Waals surface area contributed by atoms with E-state index >= 15 is 0 Å². The van der Waals surface area contributed by atoms with Gasteiger partial charge in [-0.1, -0.05) is 36.4 Å². The number of aliphatic hydroxyl groups is 1. The van der Waals surface area contributed by atoms with Crippen LogP contribution in [-0.2, 0) is 14.6 Å². The number of nitrogens with zero attached hydrogens (tertiary/aromatic N) is 1. The van der Waals surface area contributed by atoms with Gasteiger partial charge in [-0.2, -0.15) is 8.42 Å². The van der Waals surface area contributed by atoms with Crippen LogP contribution in [0.15, 0.2) is 48.5 Å². The Labute approximate surface area is 167 Å². The Morgan fingerprint density at radius 3 is 1.96 bits per heavy atom. The predicted octanol–water partition coefficient (Wildman–Crippen LogP) is 3.73. The van der Waals surface area contributed by atoms with Crippen LogP contribution >= 0.6 is 0 Å². The molecule has 0 fully saturated rings. The van der Waals surface area contributed by atoms with Crippen molar-refractivity contribution in [3.63, 3.8) is 0 Å². The first-order valence-corrected chi connectivity index (χ1v) is 10.6. The Balaban J connectivity index is 1.96. The second-order valence-electron chi connectivity index (χ2n) is 6.06. The molecule has 0 heterocycles. The second kappa shape index (κ2) is 10.8. The molecule has 6 nitrogen and oxygen atoms in total. The van der Waals surface area contributed by atoms with Crippen LogP contribution in [0.4, 0.5) is 5.69 Å². The molecule has 2 aromatic rings. The molecule has 0 aliphatic heterocycles. The lowest BCUT2D eigenvalue weighted by atomic mass is 10.1. The smallest absolute Gasteiger partial charge is 0.396 e. The van der Waals surface area contributed by atoms with Gasteiger partial charge < -0.3 is 14.2 Å². The van der Waals surface area contributed by atoms with Gasteiger partial charge in [0.1, 0.15) is 5.75 Å². The van der Waals surface area contributed by atoms with Crippen LogP contribution < -0.4 is 9.08 Å². The first kappa shape index (κ1) is 21.9. The summed E-state index contributed by atoms with van der Waals surface area (Å²) in [6, 6.07) is 15.0. The quantitative estimate of drug-likeness (QED) is 0.454. The molecule has 0 aromatic heterocycles. The predicted molar refractivity (Wildman–Crippen MR) is 113 cm³/mol. The number of anilines is 1. The van der Waals surface area contributed by atoms with Gasteiger partial charge in [0.05, 0.1) is 6.61 Å². The summed E-state index contributed by atoms with van der Waals surface area (Å²) in [5, 5.41) is 8.65. The van der Waals surface area contributed by atoms with E-state index in [0.717, 1.165) is 24.2 Å². The highest BCUT2D eigenvalue weighted by Gasteiger charge is 2.13. The lowest BCUT2D eigenvalue weighted by Crippen LogP contribution is -2.21. The molecule has 0 bridgehead atoms. The minimum Gasteiger partial charge on any atom is -0.396 e. The summed E-state index contributed by atoms with van der Waals surface area (Å²) in [7, 11) is -4.12. The van der Waals surface area contributed by atoms with Gasteiger partial charge in [0.15, 0.2) is 0 Å². The van der Waals surface area contributed by atoms with Crippen LogP contribution in [0.2, 0.25) is 0 Å². The standard InChI is InChI=1S/C21H27NO5S/c1-3-22(4-2)20-12-8-18(9-13-20)6-7-19-10-14-21(15-11-19)27-28(24,25)26-17-5-16-23/h6-15,23H,3-5,16-17H2,1-2H3. The third-order valence-electron chi connectivity index (χ3n) is 4.10. The molecule has 2 aromatic carbocycles. The highest BCUT2D eigenvalue weighted by molar-refractivity contribution is 7.82. The zero-order valence-corrected chi connectivity index (χ0v) is 17.1. The van der Waals surface area contributed by atoms with Crippen molar-refractivity contribution in [3.05, 3.63) is 59.7 Å². The van der Waals surface area contributed by atoms with E-state index in [0.29, 0.717) is 0 Å². The zero-order chi connectivity index (χ0) is 20.4. The van der Waals surface area contributed by atoms with E-state index < -0.39 is 10.4 Å². The van der Waals surface area contributed by atoms with Crippen LogP contribution in [0.5, 0.6) is 5.75 Å². The largest absolute Gasteiger partial charge is 0.449 e. The molecule has 7 heteroatoms. The van der Waals surface area contributed by atoms with Gasteiger partial charge in [-0.25, -0.2) is 4.18 Å². The summed E-state index contributed by atoms with van der Waals surface area (Å²) in [4.78, 5) is 2.29. The fourth-order valence-electron chi connectivity index (χ4n) is 2.58. The molecule has 0 atom stereocenters. The fourth-order valence-corrected chi connectivity index (χ4v) is 3.30. The highest BCUT2D eigenvalue weighted by Crippen LogP contribution is 2.19. The molecule has 2 rings (SSSR count). The maximum atomic E-state index is 11.6. The van der Waals surface area contributed by atoms with Crippen molar-refractivity contribution in [2.75, 3.05) is 31.2 Å². The summed E-state index contributed by atoms with van der Waals surface area (Å²) >= 11 is 0. The van der Waals surface area contributed by atoms with E-state index in [9.17, 15) is 8.42 Å². The molecule has 28 heavy (non-hydrogen) atoms. The Hall–Kier alpha value is -2.35. The average molecular weight is 406 g/mol. The fraction of sp³-hybridized carbons (Fsp3) is 0.333. The lowest BCUT2D eigenvalue weighted by molar-refractivity contribution is 0.221. The summed E-state index contributed by atoms with van der Waals surface area (Å²) in [6.45, 7) is 5.96. The molecule has 0 spiro atoms. The van der Waals surface area contributed by atoms with E-state index in [4.69, 9.17) is 9.29 Å². The van der Waals surface area contributed by atoms with Crippen LogP contribution in [0, 0.1) is 0 Å². The Morgan fingerprint density at radius 1 is 0.929 bits per heavy atom. The van der Waals surface area contributed by atoms with Crippen molar-refractivity contribution in [2.45, 2.75) is 20.3 Å². The molecule has 0 radical (unpaired) electrons. The number of hydrogen-bond acceptors (Lipinski definition) is 6.